The summed E-state index contributed by atoms with van der Waals surface area (Å²) in [6.45, 7) is 11.9. The highest BCUT2D eigenvalue weighted by molar-refractivity contribution is 5.98. The van der Waals surface area contributed by atoms with Gasteiger partial charge >= 0.3 is 18.0 Å². The van der Waals surface area contributed by atoms with Crippen LogP contribution in [0.25, 0.3) is 0 Å². The number of amides is 1. The fraction of sp³-hybridized carbons (Fsp3) is 0.857. The van der Waals surface area contributed by atoms with Crippen molar-refractivity contribution in [3.63, 3.8) is 0 Å². The third-order valence-electron chi connectivity index (χ3n) is 5.95. The normalized spacial score (nSPS) is 19.5. The number of nitrogens with one attached hydrogen (secondary N) is 1. The Balaban J connectivity index is 3.16. The van der Waals surface area contributed by atoms with E-state index in [9.17, 15) is 24.6 Å². The van der Waals surface area contributed by atoms with Crippen molar-refractivity contribution >= 4 is 18.0 Å². The van der Waals surface area contributed by atoms with E-state index in [4.69, 9.17) is 4.84 Å². The summed E-state index contributed by atoms with van der Waals surface area (Å²) in [7, 11) is 0. The van der Waals surface area contributed by atoms with Crippen molar-refractivity contribution in [2.75, 3.05) is 6.54 Å². The van der Waals surface area contributed by atoms with Gasteiger partial charge in [-0.05, 0) is 59.3 Å². The van der Waals surface area contributed by atoms with E-state index in [1.165, 1.54) is 0 Å². The van der Waals surface area contributed by atoms with E-state index in [1.807, 2.05) is 41.5 Å². The average Bonchev–Trinajstić information content (AvgIpc) is 2.58. The molecule has 1 aliphatic rings. The molecule has 0 aromatic carbocycles. The fourth-order valence-corrected chi connectivity index (χ4v) is 4.66. The van der Waals surface area contributed by atoms with Gasteiger partial charge in [0.15, 0.2) is 5.41 Å². The second-order valence-electron chi connectivity index (χ2n) is 9.37. The van der Waals surface area contributed by atoms with Crippen LogP contribution in [0.1, 0.15) is 86.5 Å². The topological polar surface area (TPSA) is 116 Å². The molecule has 0 spiro atoms. The third-order valence-corrected chi connectivity index (χ3v) is 5.95. The number of rotatable bonds is 10. The maximum absolute atomic E-state index is 12.2. The van der Waals surface area contributed by atoms with Crippen LogP contribution < -0.4 is 5.32 Å². The molecule has 0 aromatic rings. The van der Waals surface area contributed by atoms with Gasteiger partial charge in [-0.1, -0.05) is 33.1 Å². The summed E-state index contributed by atoms with van der Waals surface area (Å²) in [5.74, 6) is -3.17. The number of aliphatic carboxylic acids is 2. The molecule has 168 valence electrons. The van der Waals surface area contributed by atoms with Gasteiger partial charge in [-0.25, -0.2) is 4.79 Å². The van der Waals surface area contributed by atoms with Crippen molar-refractivity contribution in [2.24, 2.45) is 11.3 Å². The van der Waals surface area contributed by atoms with Gasteiger partial charge in [0.2, 0.25) is 0 Å². The summed E-state index contributed by atoms with van der Waals surface area (Å²) in [5.41, 5.74) is -3.30. The summed E-state index contributed by atoms with van der Waals surface area (Å²) in [4.78, 5) is 42.3. The predicted molar refractivity (Wildman–Crippen MR) is 109 cm³/mol. The van der Waals surface area contributed by atoms with Gasteiger partial charge in [-0.15, -0.1) is 5.06 Å². The average molecular weight is 415 g/mol. The Kier molecular flexibility index (Phi) is 8.50. The third kappa shape index (κ3) is 5.62. The maximum Gasteiger partial charge on any atom is 0.426 e. The molecule has 29 heavy (non-hydrogen) atoms. The van der Waals surface area contributed by atoms with Crippen LogP contribution in [0.15, 0.2) is 0 Å². The van der Waals surface area contributed by atoms with Crippen LogP contribution >= 0.6 is 0 Å². The number of carboxylic acids is 2. The largest absolute Gasteiger partial charge is 0.480 e. The standard InChI is InChI=1S/C21H38N2O6/c1-7-9-11-21(16(24)25,17(26)27)15-13-19(3,4)23(20(5,6)14-15)29-18(28)22-12-10-8-2/h15H,7-14H2,1-6H3,(H,22,28)(H,24,25)(H,26,27). The monoisotopic (exact) mass is 414 g/mol. The molecule has 0 radical (unpaired) electrons. The molecule has 0 unspecified atom stereocenters. The number of nitrogens with zero attached hydrogens (tertiary/aromatic N) is 1. The minimum Gasteiger partial charge on any atom is -0.480 e. The highest BCUT2D eigenvalue weighted by Gasteiger charge is 2.59. The molecular weight excluding hydrogens is 376 g/mol. The van der Waals surface area contributed by atoms with Crippen molar-refractivity contribution in [1.29, 1.82) is 0 Å². The summed E-state index contributed by atoms with van der Waals surface area (Å²) in [6.07, 6.45) is 3.16. The lowest BCUT2D eigenvalue weighted by atomic mass is 9.61. The molecule has 8 nitrogen and oxygen atoms in total. The molecule has 1 aliphatic heterocycles. The maximum atomic E-state index is 12.2. The van der Waals surface area contributed by atoms with Gasteiger partial charge in [0.1, 0.15) is 0 Å². The zero-order chi connectivity index (χ0) is 22.5. The summed E-state index contributed by atoms with van der Waals surface area (Å²) < 4.78 is 0. The fourth-order valence-electron chi connectivity index (χ4n) is 4.66. The van der Waals surface area contributed by atoms with Gasteiger partial charge < -0.3 is 20.4 Å². The lowest BCUT2D eigenvalue weighted by Crippen LogP contribution is -2.64. The van der Waals surface area contributed by atoms with Crippen molar-refractivity contribution < 1.29 is 29.4 Å². The molecule has 1 rings (SSSR count). The minimum absolute atomic E-state index is 0.0867. The van der Waals surface area contributed by atoms with Gasteiger partial charge in [0.05, 0.1) is 11.1 Å². The zero-order valence-corrected chi connectivity index (χ0v) is 18.7. The van der Waals surface area contributed by atoms with Crippen molar-refractivity contribution in [1.82, 2.24) is 10.4 Å². The first kappa shape index (κ1) is 25.2. The molecular formula is C21H38N2O6. The smallest absolute Gasteiger partial charge is 0.426 e. The number of carbonyl (C=O) groups excluding carboxylic acids is 1. The zero-order valence-electron chi connectivity index (χ0n) is 18.7. The number of hydrogen-bond acceptors (Lipinski definition) is 5. The molecule has 0 atom stereocenters. The van der Waals surface area contributed by atoms with E-state index < -0.39 is 40.4 Å². The summed E-state index contributed by atoms with van der Waals surface area (Å²) in [6, 6.07) is 0. The Morgan fingerprint density at radius 2 is 1.48 bits per heavy atom. The Labute approximate surface area is 173 Å². The molecule has 8 heteroatoms. The second-order valence-corrected chi connectivity index (χ2v) is 9.37. The number of unbranched alkanes of at least 4 members (excludes halogenated alkanes) is 2. The highest BCUT2D eigenvalue weighted by Crippen LogP contribution is 2.50. The lowest BCUT2D eigenvalue weighted by Gasteiger charge is -2.55. The number of carboxylic acid groups (broad SMARTS) is 2. The van der Waals surface area contributed by atoms with Crippen molar-refractivity contribution in [2.45, 2.75) is 97.6 Å². The van der Waals surface area contributed by atoms with Crippen molar-refractivity contribution in [3.05, 3.63) is 0 Å². The molecule has 0 aliphatic carbocycles. The molecule has 1 fully saturated rings. The quantitative estimate of drug-likeness (QED) is 0.365. The number of carbonyl (C=O) groups is 3. The molecule has 1 amide bonds. The van der Waals surface area contributed by atoms with E-state index in [2.05, 4.69) is 5.32 Å². The van der Waals surface area contributed by atoms with E-state index in [0.29, 0.717) is 25.8 Å². The van der Waals surface area contributed by atoms with E-state index >= 15 is 0 Å². The molecule has 3 N–H and O–H groups in total. The molecule has 0 aromatic heterocycles. The lowest BCUT2D eigenvalue weighted by molar-refractivity contribution is -0.256. The molecule has 0 saturated carbocycles. The Hall–Kier alpha value is -1.83. The Morgan fingerprint density at radius 3 is 1.90 bits per heavy atom. The SMILES string of the molecule is CCCCNC(=O)ON1C(C)(C)CC(C(CCCC)(C(=O)O)C(=O)O)CC1(C)C. The summed E-state index contributed by atoms with van der Waals surface area (Å²) >= 11 is 0. The predicted octanol–water partition coefficient (Wildman–Crippen LogP) is 4.04. The van der Waals surface area contributed by atoms with Crippen molar-refractivity contribution in [3.8, 4) is 0 Å². The first-order chi connectivity index (χ1) is 13.3. The van der Waals surface area contributed by atoms with Crippen LogP contribution in [0.5, 0.6) is 0 Å². The first-order valence-corrected chi connectivity index (χ1v) is 10.6. The molecule has 0 bridgehead atoms. The van der Waals surface area contributed by atoms with Crippen LogP contribution in [0.3, 0.4) is 0 Å². The Bertz CT molecular complexity index is 570. The van der Waals surface area contributed by atoms with E-state index in [1.54, 1.807) is 5.06 Å². The van der Waals surface area contributed by atoms with Crippen LogP contribution in [0.2, 0.25) is 0 Å². The highest BCUT2D eigenvalue weighted by atomic mass is 16.7. The first-order valence-electron chi connectivity index (χ1n) is 10.6. The van der Waals surface area contributed by atoms with Crippen LogP contribution in [-0.2, 0) is 14.4 Å². The van der Waals surface area contributed by atoms with Gasteiger partial charge in [0.25, 0.3) is 0 Å². The van der Waals surface area contributed by atoms with Gasteiger partial charge in [0, 0.05) is 6.54 Å². The number of piperidine rings is 1. The molecule has 1 saturated heterocycles. The summed E-state index contributed by atoms with van der Waals surface area (Å²) in [5, 5.41) is 24.2. The minimum atomic E-state index is -1.85. The van der Waals surface area contributed by atoms with Crippen LogP contribution in [0.4, 0.5) is 4.79 Å². The van der Waals surface area contributed by atoms with E-state index in [-0.39, 0.29) is 6.42 Å². The number of hydroxylamine groups is 2. The van der Waals surface area contributed by atoms with Crippen LogP contribution in [0, 0.1) is 11.3 Å². The second kappa shape index (κ2) is 9.78. The van der Waals surface area contributed by atoms with Gasteiger partial charge in [-0.3, -0.25) is 9.59 Å². The van der Waals surface area contributed by atoms with E-state index in [0.717, 1.165) is 19.3 Å². The number of hydrogen-bond donors (Lipinski definition) is 3. The van der Waals surface area contributed by atoms with Gasteiger partial charge in [-0.2, -0.15) is 0 Å². The van der Waals surface area contributed by atoms with Crippen LogP contribution in [-0.4, -0.2) is 50.9 Å². The Morgan fingerprint density at radius 1 is 1.00 bits per heavy atom. The molecule has 1 heterocycles.